The van der Waals surface area contributed by atoms with Crippen LogP contribution in [0.4, 0.5) is 0 Å². The van der Waals surface area contributed by atoms with Crippen LogP contribution in [0.15, 0.2) is 36.4 Å². The molecule has 0 spiro atoms. The Morgan fingerprint density at radius 1 is 0.667 bits per heavy atom. The van der Waals surface area contributed by atoms with Crippen molar-refractivity contribution in [3.05, 3.63) is 36.4 Å². The molecule has 0 aromatic heterocycles. The summed E-state index contributed by atoms with van der Waals surface area (Å²) in [5, 5.41) is 0. The smallest absolute Gasteiger partial charge is 0.187 e. The summed E-state index contributed by atoms with van der Waals surface area (Å²) in [6, 6.07) is 12.0. The van der Waals surface area contributed by atoms with Gasteiger partial charge in [0.2, 0.25) is 0 Å². The van der Waals surface area contributed by atoms with Gasteiger partial charge >= 0.3 is 0 Å². The number of rotatable bonds is 3. The molecule has 0 radical (unpaired) electrons. The predicted octanol–water partition coefficient (Wildman–Crippen LogP) is 2.43. The Kier molecular flexibility index (Phi) is 9.63. The standard InChI is InChI=1S/C6H6.C2H2O2S2/c1-2-4-6-5-3-1;3-1-5-6-2-4/h1-6H;1-2H. The van der Waals surface area contributed by atoms with Gasteiger partial charge in [0.05, 0.1) is 0 Å². The minimum Gasteiger partial charge on any atom is -0.290 e. The largest absolute Gasteiger partial charge is 0.290 e. The molecule has 0 saturated heterocycles. The van der Waals surface area contributed by atoms with Gasteiger partial charge in [-0.05, 0) is 21.6 Å². The van der Waals surface area contributed by atoms with E-state index < -0.39 is 0 Å². The van der Waals surface area contributed by atoms with Crippen LogP contribution < -0.4 is 0 Å². The Labute approximate surface area is 79.1 Å². The molecule has 0 unspecified atom stereocenters. The molecule has 4 heteroatoms. The van der Waals surface area contributed by atoms with Crippen LogP contribution in [0.25, 0.3) is 0 Å². The Morgan fingerprint density at radius 2 is 0.917 bits per heavy atom. The summed E-state index contributed by atoms with van der Waals surface area (Å²) < 4.78 is 0. The van der Waals surface area contributed by atoms with Crippen LogP contribution in [0.2, 0.25) is 0 Å². The van der Waals surface area contributed by atoms with Gasteiger partial charge < -0.3 is 0 Å². The van der Waals surface area contributed by atoms with Crippen molar-refractivity contribution in [2.75, 3.05) is 0 Å². The number of benzene rings is 1. The summed E-state index contributed by atoms with van der Waals surface area (Å²) >= 11 is 0. The van der Waals surface area contributed by atoms with Gasteiger partial charge in [-0.3, -0.25) is 9.59 Å². The zero-order valence-electron chi connectivity index (χ0n) is 6.25. The van der Waals surface area contributed by atoms with Gasteiger partial charge in [-0.15, -0.1) is 0 Å². The normalized spacial score (nSPS) is 7.67. The molecule has 0 aliphatic carbocycles. The summed E-state index contributed by atoms with van der Waals surface area (Å²) in [4.78, 5) is 18.7. The number of carbonyl (C=O) groups is 2. The molecule has 1 aromatic carbocycles. The maximum absolute atomic E-state index is 9.35. The molecule has 0 amide bonds. The summed E-state index contributed by atoms with van der Waals surface area (Å²) in [5.41, 5.74) is 1.22. The van der Waals surface area contributed by atoms with Crippen molar-refractivity contribution in [1.29, 1.82) is 0 Å². The molecular formula is C8H8O2S2. The van der Waals surface area contributed by atoms with E-state index in [0.717, 1.165) is 21.6 Å². The molecule has 0 fully saturated rings. The molecule has 0 heterocycles. The lowest BCUT2D eigenvalue weighted by atomic mass is 10.4. The monoisotopic (exact) mass is 200 g/mol. The van der Waals surface area contributed by atoms with Gasteiger partial charge in [-0.2, -0.15) is 0 Å². The molecule has 0 atom stereocenters. The highest BCUT2D eigenvalue weighted by Gasteiger charge is 1.75. The van der Waals surface area contributed by atoms with Crippen molar-refractivity contribution in [3.8, 4) is 0 Å². The first-order valence-electron chi connectivity index (χ1n) is 3.11. The zero-order valence-corrected chi connectivity index (χ0v) is 7.88. The molecule has 2 nitrogen and oxygen atoms in total. The summed E-state index contributed by atoms with van der Waals surface area (Å²) in [6.07, 6.45) is 0. The molecule has 64 valence electrons. The Bertz CT molecular complexity index is 167. The first-order valence-corrected chi connectivity index (χ1v) is 5.39. The second-order valence-corrected chi connectivity index (χ2v) is 3.46. The van der Waals surface area contributed by atoms with Crippen molar-refractivity contribution >= 4 is 32.8 Å². The van der Waals surface area contributed by atoms with Crippen LogP contribution in [0.3, 0.4) is 0 Å². The number of carbonyl (C=O) groups excluding carboxylic acids is 2. The second kappa shape index (κ2) is 10.3. The van der Waals surface area contributed by atoms with E-state index in [2.05, 4.69) is 0 Å². The first kappa shape index (κ1) is 11.3. The molecule has 0 aliphatic heterocycles. The van der Waals surface area contributed by atoms with Crippen LogP contribution in [-0.2, 0) is 9.59 Å². The topological polar surface area (TPSA) is 34.1 Å². The van der Waals surface area contributed by atoms with E-state index in [4.69, 9.17) is 0 Å². The third kappa shape index (κ3) is 9.26. The average Bonchev–Trinajstić information content (AvgIpc) is 2.18. The van der Waals surface area contributed by atoms with Crippen LogP contribution in [0.1, 0.15) is 0 Å². The van der Waals surface area contributed by atoms with Crippen molar-refractivity contribution in [1.82, 2.24) is 0 Å². The van der Waals surface area contributed by atoms with E-state index in [-0.39, 0.29) is 0 Å². The minimum absolute atomic E-state index is 0.610. The van der Waals surface area contributed by atoms with E-state index in [9.17, 15) is 9.59 Å². The highest BCUT2D eigenvalue weighted by atomic mass is 33.1. The van der Waals surface area contributed by atoms with Gasteiger partial charge in [0, 0.05) is 0 Å². The molecule has 0 bridgehead atoms. The summed E-state index contributed by atoms with van der Waals surface area (Å²) in [5.74, 6) is 0. The fraction of sp³-hybridized carbons (Fsp3) is 0. The first-order chi connectivity index (χ1) is 5.91. The summed E-state index contributed by atoms with van der Waals surface area (Å²) in [7, 11) is 1.75. The lowest BCUT2D eigenvalue weighted by molar-refractivity contribution is 0.569. The SMILES string of the molecule is O=CSSC=O.c1ccccc1. The number of hydrogen-bond donors (Lipinski definition) is 0. The van der Waals surface area contributed by atoms with E-state index in [1.807, 2.05) is 36.4 Å². The summed E-state index contributed by atoms with van der Waals surface area (Å²) in [6.45, 7) is 0. The maximum Gasteiger partial charge on any atom is 0.187 e. The van der Waals surface area contributed by atoms with Gasteiger partial charge in [-0.1, -0.05) is 36.4 Å². The van der Waals surface area contributed by atoms with E-state index in [1.165, 1.54) is 0 Å². The van der Waals surface area contributed by atoms with Crippen LogP contribution >= 0.6 is 21.6 Å². The Balaban J connectivity index is 0.000000202. The molecule has 1 aromatic rings. The van der Waals surface area contributed by atoms with E-state index in [1.54, 1.807) is 0 Å². The predicted molar refractivity (Wildman–Crippen MR) is 55.1 cm³/mol. The lowest BCUT2D eigenvalue weighted by Crippen LogP contribution is -1.50. The van der Waals surface area contributed by atoms with Crippen LogP contribution in [-0.4, -0.2) is 11.2 Å². The van der Waals surface area contributed by atoms with E-state index >= 15 is 0 Å². The van der Waals surface area contributed by atoms with Crippen molar-refractivity contribution in [2.45, 2.75) is 0 Å². The fourth-order valence-electron chi connectivity index (χ4n) is 0.430. The van der Waals surface area contributed by atoms with Gasteiger partial charge in [0.1, 0.15) is 0 Å². The molecule has 12 heavy (non-hydrogen) atoms. The molecular weight excluding hydrogens is 192 g/mol. The van der Waals surface area contributed by atoms with Crippen molar-refractivity contribution in [3.63, 3.8) is 0 Å². The third-order valence-corrected chi connectivity index (χ3v) is 1.87. The zero-order chi connectivity index (χ0) is 9.07. The van der Waals surface area contributed by atoms with Crippen molar-refractivity contribution in [2.24, 2.45) is 0 Å². The Morgan fingerprint density at radius 3 is 1.08 bits per heavy atom. The van der Waals surface area contributed by atoms with Gasteiger partial charge in [0.15, 0.2) is 11.2 Å². The van der Waals surface area contributed by atoms with Gasteiger partial charge in [0.25, 0.3) is 0 Å². The molecule has 0 saturated carbocycles. The second-order valence-electron chi connectivity index (χ2n) is 1.54. The van der Waals surface area contributed by atoms with Crippen LogP contribution in [0.5, 0.6) is 0 Å². The third-order valence-electron chi connectivity index (χ3n) is 0.801. The minimum atomic E-state index is 0.610. The fourth-order valence-corrected chi connectivity index (χ4v) is 0.793. The highest BCUT2D eigenvalue weighted by molar-refractivity contribution is 8.86. The molecule has 0 aliphatic rings. The molecule has 0 N–H and O–H groups in total. The lowest BCUT2D eigenvalue weighted by Gasteiger charge is -1.69. The average molecular weight is 200 g/mol. The van der Waals surface area contributed by atoms with Crippen LogP contribution in [0, 0.1) is 0 Å². The maximum atomic E-state index is 9.35. The Hall–Kier alpha value is -0.740. The van der Waals surface area contributed by atoms with Gasteiger partial charge in [-0.25, -0.2) is 0 Å². The van der Waals surface area contributed by atoms with E-state index in [0.29, 0.717) is 11.2 Å². The quantitative estimate of drug-likeness (QED) is 0.426. The highest BCUT2D eigenvalue weighted by Crippen LogP contribution is 2.11. The number of hydrogen-bond acceptors (Lipinski definition) is 4. The van der Waals surface area contributed by atoms with Crippen molar-refractivity contribution < 1.29 is 9.59 Å². The molecule has 1 rings (SSSR count).